The Labute approximate surface area is 141 Å². The van der Waals surface area contributed by atoms with Gasteiger partial charge in [0.25, 0.3) is 5.56 Å². The van der Waals surface area contributed by atoms with Crippen molar-refractivity contribution >= 4 is 0 Å². The Balaban J connectivity index is 1.81. The first-order valence-corrected chi connectivity index (χ1v) is 8.80. The van der Waals surface area contributed by atoms with Gasteiger partial charge in [-0.25, -0.2) is 4.98 Å². The van der Waals surface area contributed by atoms with Crippen LogP contribution < -0.4 is 5.56 Å². The lowest BCUT2D eigenvalue weighted by atomic mass is 10.1. The second-order valence-electron chi connectivity index (χ2n) is 6.56. The second kappa shape index (κ2) is 6.23. The Hall–Kier alpha value is -2.43. The van der Waals surface area contributed by atoms with Crippen LogP contribution >= 0.6 is 0 Å². The second-order valence-corrected chi connectivity index (χ2v) is 6.56. The number of nitrogens with zero attached hydrogens (tertiary/aromatic N) is 3. The maximum Gasteiger partial charge on any atom is 0.284 e. The van der Waals surface area contributed by atoms with E-state index in [1.807, 2.05) is 30.3 Å². The Kier molecular flexibility index (Phi) is 3.92. The van der Waals surface area contributed by atoms with Crippen molar-refractivity contribution in [3.63, 3.8) is 0 Å². The summed E-state index contributed by atoms with van der Waals surface area (Å²) in [5.41, 5.74) is 2.58. The molecule has 0 bridgehead atoms. The summed E-state index contributed by atoms with van der Waals surface area (Å²) >= 11 is 0. The average molecular weight is 322 g/mol. The standard InChI is InChI=1S/C19H22N4O/c1-2-15-17-18(23(22-15)14-10-6-7-11-14)20-16(21-19(17)24)12-13-8-4-3-5-9-13/h3-5,8-9,14,22H,2,6-7,10-12H2,1H3. The number of aryl methyl sites for hydroxylation is 1. The highest BCUT2D eigenvalue weighted by Gasteiger charge is 2.27. The van der Waals surface area contributed by atoms with Gasteiger partial charge in [0.05, 0.1) is 6.04 Å². The molecule has 124 valence electrons. The molecule has 3 aliphatic rings. The first kappa shape index (κ1) is 15.1. The van der Waals surface area contributed by atoms with Crippen molar-refractivity contribution in [3.8, 4) is 11.4 Å². The van der Waals surface area contributed by atoms with Crippen molar-refractivity contribution in [3.05, 3.63) is 57.8 Å². The molecule has 5 heteroatoms. The Bertz CT molecular complexity index is 859. The fraction of sp³-hybridized carbons (Fsp3) is 0.421. The third-order valence-corrected chi connectivity index (χ3v) is 4.94. The molecule has 0 unspecified atom stereocenters. The van der Waals surface area contributed by atoms with Gasteiger partial charge in [-0.3, -0.25) is 14.6 Å². The van der Waals surface area contributed by atoms with Crippen molar-refractivity contribution in [1.29, 1.82) is 0 Å². The number of rotatable bonds is 4. The SMILES string of the molecule is CCc1[nH]n(C2CCCC2)c2nc(Cc3ccccc3)nc(=O)c1-2. The number of hydrogen-bond acceptors (Lipinski definition) is 3. The Morgan fingerprint density at radius 2 is 1.92 bits per heavy atom. The van der Waals surface area contributed by atoms with E-state index in [0.717, 1.165) is 36.3 Å². The van der Waals surface area contributed by atoms with E-state index in [0.29, 0.717) is 23.9 Å². The maximum atomic E-state index is 12.6. The van der Waals surface area contributed by atoms with Crippen LogP contribution in [0.4, 0.5) is 0 Å². The van der Waals surface area contributed by atoms with E-state index in [2.05, 4.69) is 21.7 Å². The molecule has 0 radical (unpaired) electrons. The van der Waals surface area contributed by atoms with Gasteiger partial charge in [0.2, 0.25) is 0 Å². The van der Waals surface area contributed by atoms with Gasteiger partial charge in [0, 0.05) is 12.1 Å². The molecule has 1 aliphatic carbocycles. The van der Waals surface area contributed by atoms with Crippen molar-refractivity contribution < 1.29 is 0 Å². The Morgan fingerprint density at radius 1 is 1.17 bits per heavy atom. The molecule has 1 saturated carbocycles. The fourth-order valence-corrected chi connectivity index (χ4v) is 3.70. The molecule has 0 aromatic heterocycles. The molecule has 1 aromatic carbocycles. The summed E-state index contributed by atoms with van der Waals surface area (Å²) in [5.74, 6) is 1.39. The summed E-state index contributed by atoms with van der Waals surface area (Å²) in [6.45, 7) is 2.06. The number of nitrogens with one attached hydrogen (secondary N) is 1. The molecule has 24 heavy (non-hydrogen) atoms. The molecule has 1 fully saturated rings. The molecule has 0 atom stereocenters. The molecule has 1 aromatic rings. The van der Waals surface area contributed by atoms with Gasteiger partial charge in [-0.1, -0.05) is 50.1 Å². The Morgan fingerprint density at radius 3 is 2.62 bits per heavy atom. The minimum atomic E-state index is -0.157. The van der Waals surface area contributed by atoms with Gasteiger partial charge in [0.15, 0.2) is 5.82 Å². The topological polar surface area (TPSA) is 63.6 Å². The molecule has 0 amide bonds. The van der Waals surface area contributed by atoms with Gasteiger partial charge >= 0.3 is 0 Å². The molecular formula is C19H22N4O. The first-order valence-electron chi connectivity index (χ1n) is 8.80. The van der Waals surface area contributed by atoms with Crippen molar-refractivity contribution in [1.82, 2.24) is 19.7 Å². The summed E-state index contributed by atoms with van der Waals surface area (Å²) in [7, 11) is 0. The number of aromatic nitrogens is 4. The van der Waals surface area contributed by atoms with Crippen LogP contribution in [0.25, 0.3) is 11.4 Å². The summed E-state index contributed by atoms with van der Waals surface area (Å²) in [6, 6.07) is 10.5. The van der Waals surface area contributed by atoms with E-state index in [9.17, 15) is 4.79 Å². The third-order valence-electron chi connectivity index (χ3n) is 4.94. The molecule has 2 aliphatic heterocycles. The molecule has 4 rings (SSSR count). The van der Waals surface area contributed by atoms with E-state index < -0.39 is 0 Å². The van der Waals surface area contributed by atoms with E-state index in [4.69, 9.17) is 4.98 Å². The summed E-state index contributed by atoms with van der Waals surface area (Å²) in [6.07, 6.45) is 6.15. The lowest BCUT2D eigenvalue weighted by Gasteiger charge is -2.13. The fourth-order valence-electron chi connectivity index (χ4n) is 3.70. The van der Waals surface area contributed by atoms with Crippen LogP contribution in [-0.2, 0) is 12.8 Å². The third kappa shape index (κ3) is 2.64. The number of fused-ring (bicyclic) bond motifs is 1. The van der Waals surface area contributed by atoms with E-state index in [1.165, 1.54) is 12.8 Å². The number of aromatic amines is 1. The van der Waals surface area contributed by atoms with Crippen molar-refractivity contribution in [2.45, 2.75) is 51.5 Å². The van der Waals surface area contributed by atoms with Crippen LogP contribution in [0.3, 0.4) is 0 Å². The molecule has 0 saturated heterocycles. The number of benzene rings is 1. The van der Waals surface area contributed by atoms with E-state index in [1.54, 1.807) is 0 Å². The van der Waals surface area contributed by atoms with Gasteiger partial charge in [-0.05, 0) is 24.8 Å². The van der Waals surface area contributed by atoms with Gasteiger partial charge in [-0.15, -0.1) is 0 Å². The van der Waals surface area contributed by atoms with Crippen LogP contribution in [0, 0.1) is 0 Å². The minimum absolute atomic E-state index is 0.157. The predicted octanol–water partition coefficient (Wildman–Crippen LogP) is 3.34. The maximum absolute atomic E-state index is 12.6. The van der Waals surface area contributed by atoms with Gasteiger partial charge in [-0.2, -0.15) is 4.98 Å². The van der Waals surface area contributed by atoms with Gasteiger partial charge < -0.3 is 0 Å². The summed E-state index contributed by atoms with van der Waals surface area (Å²) in [5, 5.41) is 3.43. The molecule has 5 nitrogen and oxygen atoms in total. The quantitative estimate of drug-likeness (QED) is 0.801. The molecule has 0 spiro atoms. The van der Waals surface area contributed by atoms with Crippen LogP contribution in [0.1, 0.15) is 55.7 Å². The average Bonchev–Trinajstić information content (AvgIpc) is 3.23. The zero-order valence-electron chi connectivity index (χ0n) is 14.0. The summed E-state index contributed by atoms with van der Waals surface area (Å²) < 4.78 is 2.12. The monoisotopic (exact) mass is 322 g/mol. The molecular weight excluding hydrogens is 300 g/mol. The van der Waals surface area contributed by atoms with Crippen LogP contribution in [0.15, 0.2) is 35.1 Å². The number of H-pyrrole nitrogens is 1. The zero-order chi connectivity index (χ0) is 16.5. The highest BCUT2D eigenvalue weighted by molar-refractivity contribution is 5.59. The lowest BCUT2D eigenvalue weighted by molar-refractivity contribution is 0.464. The highest BCUT2D eigenvalue weighted by atomic mass is 16.1. The van der Waals surface area contributed by atoms with Crippen molar-refractivity contribution in [2.24, 2.45) is 0 Å². The minimum Gasteiger partial charge on any atom is -0.300 e. The predicted molar refractivity (Wildman–Crippen MR) is 93.4 cm³/mol. The smallest absolute Gasteiger partial charge is 0.284 e. The van der Waals surface area contributed by atoms with Crippen molar-refractivity contribution in [2.75, 3.05) is 0 Å². The molecule has 1 N–H and O–H groups in total. The normalized spacial score (nSPS) is 15.4. The van der Waals surface area contributed by atoms with Crippen LogP contribution in [-0.4, -0.2) is 19.7 Å². The number of hydrogen-bond donors (Lipinski definition) is 1. The summed E-state index contributed by atoms with van der Waals surface area (Å²) in [4.78, 5) is 21.6. The van der Waals surface area contributed by atoms with Crippen LogP contribution in [0.5, 0.6) is 0 Å². The van der Waals surface area contributed by atoms with E-state index in [-0.39, 0.29) is 5.56 Å². The van der Waals surface area contributed by atoms with Gasteiger partial charge in [0.1, 0.15) is 11.4 Å². The lowest BCUT2D eigenvalue weighted by Crippen LogP contribution is -2.18. The molecule has 2 heterocycles. The zero-order valence-corrected chi connectivity index (χ0v) is 14.0. The first-order chi connectivity index (χ1) is 11.8. The van der Waals surface area contributed by atoms with E-state index >= 15 is 0 Å². The largest absolute Gasteiger partial charge is 0.300 e. The highest BCUT2D eigenvalue weighted by Crippen LogP contribution is 2.33. The van der Waals surface area contributed by atoms with Crippen LogP contribution in [0.2, 0.25) is 0 Å².